The predicted molar refractivity (Wildman–Crippen MR) is 81.1 cm³/mol. The number of piperazine rings is 1. The number of aromatic nitrogens is 2. The maximum atomic E-state index is 12.2. The lowest BCUT2D eigenvalue weighted by Gasteiger charge is -2.35. The molecule has 0 unspecified atom stereocenters. The van der Waals surface area contributed by atoms with Crippen molar-refractivity contribution in [3.63, 3.8) is 0 Å². The van der Waals surface area contributed by atoms with Gasteiger partial charge in [0.25, 0.3) is 5.56 Å². The zero-order valence-electron chi connectivity index (χ0n) is 12.3. The second-order valence-corrected chi connectivity index (χ2v) is 5.17. The molecule has 2 rings (SSSR count). The molecule has 0 bridgehead atoms. The van der Waals surface area contributed by atoms with Crippen LogP contribution >= 0.6 is 0 Å². The molecule has 6 heteroatoms. The third-order valence-corrected chi connectivity index (χ3v) is 3.84. The number of unbranched alkanes of at least 4 members (excludes halogenated alkanes) is 1. The molecule has 0 aromatic carbocycles. The Morgan fingerprint density at radius 2 is 2.00 bits per heavy atom. The van der Waals surface area contributed by atoms with Crippen LogP contribution in [0.5, 0.6) is 0 Å². The highest BCUT2D eigenvalue weighted by atomic mass is 16.1. The van der Waals surface area contributed by atoms with Crippen molar-refractivity contribution in [3.8, 4) is 0 Å². The Morgan fingerprint density at radius 1 is 1.25 bits per heavy atom. The first kappa shape index (κ1) is 15.0. The quantitative estimate of drug-likeness (QED) is 0.749. The molecule has 6 nitrogen and oxygen atoms in total. The molecule has 20 heavy (non-hydrogen) atoms. The smallest absolute Gasteiger partial charge is 0.293 e. The van der Waals surface area contributed by atoms with Gasteiger partial charge in [0, 0.05) is 45.1 Å². The monoisotopic (exact) mass is 279 g/mol. The summed E-state index contributed by atoms with van der Waals surface area (Å²) in [7, 11) is 0. The lowest BCUT2D eigenvalue weighted by Crippen LogP contribution is -2.48. The number of nitrogens with zero attached hydrogens (tertiary/aromatic N) is 4. The van der Waals surface area contributed by atoms with Gasteiger partial charge in [-0.2, -0.15) is 0 Å². The standard InChI is InChI=1S/C14H25N5O/c1-2-18-8-6-16-13(14(18)20)19-11-9-17(10-12-19)7-4-3-5-15/h6,8H,2-5,7,9-12,15H2,1H3. The normalized spacial score (nSPS) is 16.6. The molecule has 1 aromatic rings. The van der Waals surface area contributed by atoms with E-state index < -0.39 is 0 Å². The van der Waals surface area contributed by atoms with Gasteiger partial charge in [0.1, 0.15) is 0 Å². The third kappa shape index (κ3) is 3.58. The molecule has 2 heterocycles. The average molecular weight is 279 g/mol. The van der Waals surface area contributed by atoms with Crippen molar-refractivity contribution in [3.05, 3.63) is 22.7 Å². The molecule has 0 aliphatic carbocycles. The summed E-state index contributed by atoms with van der Waals surface area (Å²) in [5, 5.41) is 0. The highest BCUT2D eigenvalue weighted by molar-refractivity contribution is 5.36. The second kappa shape index (κ2) is 7.40. The van der Waals surface area contributed by atoms with Crippen LogP contribution in [0.15, 0.2) is 17.2 Å². The largest absolute Gasteiger partial charge is 0.349 e. The van der Waals surface area contributed by atoms with Crippen LogP contribution in [0.1, 0.15) is 19.8 Å². The van der Waals surface area contributed by atoms with Gasteiger partial charge >= 0.3 is 0 Å². The Balaban J connectivity index is 1.92. The zero-order chi connectivity index (χ0) is 14.4. The fourth-order valence-corrected chi connectivity index (χ4v) is 2.56. The molecule has 0 saturated carbocycles. The maximum absolute atomic E-state index is 12.2. The molecule has 2 N–H and O–H groups in total. The fraction of sp³-hybridized carbons (Fsp3) is 0.714. The van der Waals surface area contributed by atoms with E-state index in [0.29, 0.717) is 12.4 Å². The van der Waals surface area contributed by atoms with Gasteiger partial charge in [-0.3, -0.25) is 9.69 Å². The van der Waals surface area contributed by atoms with E-state index >= 15 is 0 Å². The Morgan fingerprint density at radius 3 is 2.65 bits per heavy atom. The summed E-state index contributed by atoms with van der Waals surface area (Å²) in [5.74, 6) is 0.593. The van der Waals surface area contributed by atoms with Crippen LogP contribution in [0.25, 0.3) is 0 Å². The summed E-state index contributed by atoms with van der Waals surface area (Å²) in [6, 6.07) is 0. The van der Waals surface area contributed by atoms with Gasteiger partial charge in [-0.15, -0.1) is 0 Å². The minimum Gasteiger partial charge on any atom is -0.349 e. The van der Waals surface area contributed by atoms with Crippen molar-refractivity contribution in [1.29, 1.82) is 0 Å². The van der Waals surface area contributed by atoms with Crippen LogP contribution in [0.4, 0.5) is 5.82 Å². The van der Waals surface area contributed by atoms with E-state index in [1.807, 2.05) is 6.92 Å². The molecule has 0 amide bonds. The molecular formula is C14H25N5O. The van der Waals surface area contributed by atoms with Gasteiger partial charge in [-0.25, -0.2) is 4.98 Å². The van der Waals surface area contributed by atoms with Crippen molar-refractivity contribution >= 4 is 5.82 Å². The molecule has 1 aliphatic rings. The topological polar surface area (TPSA) is 67.4 Å². The highest BCUT2D eigenvalue weighted by Gasteiger charge is 2.20. The molecule has 1 aromatic heterocycles. The third-order valence-electron chi connectivity index (χ3n) is 3.84. The number of hydrogen-bond donors (Lipinski definition) is 1. The van der Waals surface area contributed by atoms with Crippen LogP contribution in [-0.4, -0.2) is 53.7 Å². The van der Waals surface area contributed by atoms with Crippen LogP contribution in [0.2, 0.25) is 0 Å². The zero-order valence-corrected chi connectivity index (χ0v) is 12.3. The summed E-state index contributed by atoms with van der Waals surface area (Å²) < 4.78 is 1.70. The molecule has 112 valence electrons. The van der Waals surface area contributed by atoms with E-state index in [1.165, 1.54) is 0 Å². The second-order valence-electron chi connectivity index (χ2n) is 5.17. The van der Waals surface area contributed by atoms with E-state index in [1.54, 1.807) is 17.0 Å². The van der Waals surface area contributed by atoms with Gasteiger partial charge in [0.2, 0.25) is 0 Å². The van der Waals surface area contributed by atoms with Crippen LogP contribution in [0, 0.1) is 0 Å². The van der Waals surface area contributed by atoms with Crippen molar-refractivity contribution in [1.82, 2.24) is 14.5 Å². The molecule has 1 aliphatic heterocycles. The Labute approximate surface area is 120 Å². The molecule has 0 spiro atoms. The van der Waals surface area contributed by atoms with E-state index in [0.717, 1.165) is 52.1 Å². The Bertz CT molecular complexity index is 465. The van der Waals surface area contributed by atoms with Crippen molar-refractivity contribution in [2.45, 2.75) is 26.3 Å². The van der Waals surface area contributed by atoms with E-state index in [9.17, 15) is 4.79 Å². The lowest BCUT2D eigenvalue weighted by atomic mass is 10.2. The molecular weight excluding hydrogens is 254 g/mol. The first-order valence-electron chi connectivity index (χ1n) is 7.49. The van der Waals surface area contributed by atoms with Crippen molar-refractivity contribution < 1.29 is 0 Å². The average Bonchev–Trinajstić information content (AvgIpc) is 2.49. The maximum Gasteiger partial charge on any atom is 0.293 e. The fourth-order valence-electron chi connectivity index (χ4n) is 2.56. The van der Waals surface area contributed by atoms with Crippen LogP contribution < -0.4 is 16.2 Å². The molecule has 1 saturated heterocycles. The van der Waals surface area contributed by atoms with E-state index in [4.69, 9.17) is 5.73 Å². The number of hydrogen-bond acceptors (Lipinski definition) is 5. The molecule has 1 fully saturated rings. The van der Waals surface area contributed by atoms with Crippen LogP contribution in [0.3, 0.4) is 0 Å². The van der Waals surface area contributed by atoms with Crippen LogP contribution in [-0.2, 0) is 6.54 Å². The summed E-state index contributed by atoms with van der Waals surface area (Å²) in [5.41, 5.74) is 5.53. The minimum atomic E-state index is 0.0200. The molecule has 0 radical (unpaired) electrons. The highest BCUT2D eigenvalue weighted by Crippen LogP contribution is 2.09. The van der Waals surface area contributed by atoms with Gasteiger partial charge < -0.3 is 15.2 Å². The van der Waals surface area contributed by atoms with Gasteiger partial charge in [-0.1, -0.05) is 0 Å². The minimum absolute atomic E-state index is 0.0200. The van der Waals surface area contributed by atoms with Crippen molar-refractivity contribution in [2.75, 3.05) is 44.2 Å². The van der Waals surface area contributed by atoms with Crippen molar-refractivity contribution in [2.24, 2.45) is 5.73 Å². The number of rotatable bonds is 6. The van der Waals surface area contributed by atoms with E-state index in [-0.39, 0.29) is 5.56 Å². The van der Waals surface area contributed by atoms with Gasteiger partial charge in [0.15, 0.2) is 5.82 Å². The SMILES string of the molecule is CCn1ccnc(N2CCN(CCCCN)CC2)c1=O. The summed E-state index contributed by atoms with van der Waals surface area (Å²) in [6.45, 7) is 8.27. The van der Waals surface area contributed by atoms with E-state index in [2.05, 4.69) is 14.8 Å². The number of aryl methyl sites for hydroxylation is 1. The summed E-state index contributed by atoms with van der Waals surface area (Å²) in [6.07, 6.45) is 5.70. The molecule has 0 atom stereocenters. The lowest BCUT2D eigenvalue weighted by molar-refractivity contribution is 0.252. The van der Waals surface area contributed by atoms with Gasteiger partial charge in [0.05, 0.1) is 0 Å². The number of nitrogens with two attached hydrogens (primary N) is 1. The Kier molecular flexibility index (Phi) is 5.55. The van der Waals surface area contributed by atoms with Gasteiger partial charge in [-0.05, 0) is 32.9 Å². The number of anilines is 1. The first-order valence-corrected chi connectivity index (χ1v) is 7.49. The summed E-state index contributed by atoms with van der Waals surface area (Å²) in [4.78, 5) is 21.0. The predicted octanol–water partition coefficient (Wildman–Crippen LogP) is 0.124. The summed E-state index contributed by atoms with van der Waals surface area (Å²) >= 11 is 0. The Hall–Kier alpha value is -1.40. The first-order chi connectivity index (χ1) is 9.76.